The Morgan fingerprint density at radius 1 is 0.969 bits per heavy atom. The van der Waals surface area contributed by atoms with Gasteiger partial charge in [0.15, 0.2) is 0 Å². The number of fused-ring (bicyclic) bond motifs is 1. The van der Waals surface area contributed by atoms with Gasteiger partial charge in [-0.25, -0.2) is 14.6 Å². The van der Waals surface area contributed by atoms with Crippen molar-refractivity contribution in [3.63, 3.8) is 0 Å². The fourth-order valence-corrected chi connectivity index (χ4v) is 3.83. The molecule has 3 aromatic carbocycles. The average molecular weight is 427 g/mol. The molecule has 0 aliphatic rings. The molecule has 0 spiro atoms. The van der Waals surface area contributed by atoms with Crippen LogP contribution in [0.3, 0.4) is 0 Å². The third-order valence-corrected chi connectivity index (χ3v) is 5.30. The zero-order valence-corrected chi connectivity index (χ0v) is 17.4. The summed E-state index contributed by atoms with van der Waals surface area (Å²) in [6.07, 6.45) is -1.16. The first-order chi connectivity index (χ1) is 15.3. The van der Waals surface area contributed by atoms with E-state index in [1.54, 1.807) is 12.1 Å². The molecule has 0 aliphatic carbocycles. The van der Waals surface area contributed by atoms with E-state index in [-0.39, 0.29) is 5.56 Å². The van der Waals surface area contributed by atoms with Crippen LogP contribution in [0.1, 0.15) is 27.3 Å². The lowest BCUT2D eigenvalue weighted by molar-refractivity contribution is 0.0698. The van der Waals surface area contributed by atoms with Crippen molar-refractivity contribution in [2.75, 3.05) is 0 Å². The highest BCUT2D eigenvalue weighted by atomic mass is 16.4. The van der Waals surface area contributed by atoms with Gasteiger partial charge in [-0.2, -0.15) is 0 Å². The number of nitrogens with one attached hydrogen (secondary N) is 1. The van der Waals surface area contributed by atoms with Gasteiger partial charge < -0.3 is 14.8 Å². The molecule has 32 heavy (non-hydrogen) atoms. The van der Waals surface area contributed by atoms with E-state index in [1.165, 1.54) is 0 Å². The molecule has 160 valence electrons. The summed E-state index contributed by atoms with van der Waals surface area (Å²) in [5.74, 6) is -0.252. The monoisotopic (exact) mass is 427 g/mol. The number of carboxylic acid groups (broad SMARTS) is 2. The van der Waals surface area contributed by atoms with Crippen molar-refractivity contribution in [1.82, 2.24) is 14.9 Å². The topological polar surface area (TPSA) is 104 Å². The SMILES string of the molecule is C=C(NC(=O)O)c1ccccc1-c1ccc(Cn2c(C)nc3cccc(C(=O)O)c32)cc1. The summed E-state index contributed by atoms with van der Waals surface area (Å²) in [4.78, 5) is 27.2. The van der Waals surface area contributed by atoms with E-state index < -0.39 is 12.1 Å². The van der Waals surface area contributed by atoms with Crippen molar-refractivity contribution in [2.24, 2.45) is 0 Å². The van der Waals surface area contributed by atoms with E-state index in [2.05, 4.69) is 16.9 Å². The third kappa shape index (κ3) is 3.96. The van der Waals surface area contributed by atoms with Crippen LogP contribution in [0, 0.1) is 6.92 Å². The van der Waals surface area contributed by atoms with E-state index in [0.29, 0.717) is 28.8 Å². The second-order valence-corrected chi connectivity index (χ2v) is 7.37. The smallest absolute Gasteiger partial charge is 0.409 e. The minimum atomic E-state index is -1.16. The molecule has 0 radical (unpaired) electrons. The standard InChI is InChI=1S/C25H21N3O4/c1-15(26-25(31)32)19-6-3-4-7-20(19)18-12-10-17(11-13-18)14-28-16(2)27-22-9-5-8-21(23(22)28)24(29)30/h3-13,26H,1,14H2,2H3,(H,29,30)(H,31,32). The molecular weight excluding hydrogens is 406 g/mol. The van der Waals surface area contributed by atoms with E-state index in [0.717, 1.165) is 22.5 Å². The van der Waals surface area contributed by atoms with E-state index in [1.807, 2.05) is 66.1 Å². The number of aryl methyl sites for hydroxylation is 1. The molecule has 7 heteroatoms. The number of carbonyl (C=O) groups is 2. The van der Waals surface area contributed by atoms with Crippen LogP contribution >= 0.6 is 0 Å². The summed E-state index contributed by atoms with van der Waals surface area (Å²) in [5.41, 5.74) is 5.23. The predicted molar refractivity (Wildman–Crippen MR) is 123 cm³/mol. The lowest BCUT2D eigenvalue weighted by Gasteiger charge is -2.13. The molecule has 1 aromatic heterocycles. The first-order valence-corrected chi connectivity index (χ1v) is 9.92. The van der Waals surface area contributed by atoms with Crippen molar-refractivity contribution in [1.29, 1.82) is 0 Å². The molecule has 0 atom stereocenters. The van der Waals surface area contributed by atoms with Crippen molar-refractivity contribution in [3.8, 4) is 11.1 Å². The summed E-state index contributed by atoms with van der Waals surface area (Å²) in [7, 11) is 0. The Balaban J connectivity index is 1.67. The maximum Gasteiger partial charge on any atom is 0.409 e. The summed E-state index contributed by atoms with van der Waals surface area (Å²) in [6.45, 7) is 6.16. The molecule has 0 fully saturated rings. The van der Waals surface area contributed by atoms with Crippen LogP contribution in [0.25, 0.3) is 27.9 Å². The number of rotatable bonds is 6. The first-order valence-electron chi connectivity index (χ1n) is 9.92. The van der Waals surface area contributed by atoms with Crippen LogP contribution in [-0.4, -0.2) is 31.8 Å². The van der Waals surface area contributed by atoms with Gasteiger partial charge in [0.1, 0.15) is 5.82 Å². The first kappa shape index (κ1) is 20.9. The zero-order valence-electron chi connectivity index (χ0n) is 17.4. The second kappa shape index (κ2) is 8.39. The van der Waals surface area contributed by atoms with Gasteiger partial charge in [0.2, 0.25) is 0 Å². The van der Waals surface area contributed by atoms with Crippen LogP contribution in [0.2, 0.25) is 0 Å². The summed E-state index contributed by atoms with van der Waals surface area (Å²) in [6, 6.07) is 20.4. The molecule has 4 aromatic rings. The Morgan fingerprint density at radius 3 is 2.34 bits per heavy atom. The van der Waals surface area contributed by atoms with E-state index in [4.69, 9.17) is 5.11 Å². The fourth-order valence-electron chi connectivity index (χ4n) is 3.83. The van der Waals surface area contributed by atoms with Crippen molar-refractivity contribution >= 4 is 28.8 Å². The van der Waals surface area contributed by atoms with Crippen LogP contribution < -0.4 is 5.32 Å². The van der Waals surface area contributed by atoms with Crippen LogP contribution in [0.15, 0.2) is 73.3 Å². The number of carboxylic acids is 1. The van der Waals surface area contributed by atoms with E-state index >= 15 is 0 Å². The largest absolute Gasteiger partial charge is 0.478 e. The maximum atomic E-state index is 11.7. The minimum Gasteiger partial charge on any atom is -0.478 e. The molecule has 0 saturated carbocycles. The number of nitrogens with zero attached hydrogens (tertiary/aromatic N) is 2. The minimum absolute atomic E-state index is 0.220. The lowest BCUT2D eigenvalue weighted by Crippen LogP contribution is -2.18. The number of benzene rings is 3. The lowest BCUT2D eigenvalue weighted by atomic mass is 9.97. The highest BCUT2D eigenvalue weighted by molar-refractivity contribution is 6.01. The van der Waals surface area contributed by atoms with Crippen LogP contribution in [-0.2, 0) is 6.54 Å². The fraction of sp³-hybridized carbons (Fsp3) is 0.0800. The zero-order chi connectivity index (χ0) is 22.8. The number of imidazole rings is 1. The number of aromatic nitrogens is 2. The second-order valence-electron chi connectivity index (χ2n) is 7.37. The van der Waals surface area contributed by atoms with Crippen LogP contribution in [0.5, 0.6) is 0 Å². The Bertz CT molecular complexity index is 1350. The molecule has 0 unspecified atom stereocenters. The normalized spacial score (nSPS) is 10.8. The van der Waals surface area contributed by atoms with Gasteiger partial charge in [0.25, 0.3) is 0 Å². The molecular formula is C25H21N3O4. The van der Waals surface area contributed by atoms with Gasteiger partial charge in [-0.3, -0.25) is 5.32 Å². The summed E-state index contributed by atoms with van der Waals surface area (Å²) >= 11 is 0. The van der Waals surface area contributed by atoms with Gasteiger partial charge >= 0.3 is 12.1 Å². The van der Waals surface area contributed by atoms with Gasteiger partial charge in [-0.05, 0) is 35.7 Å². The average Bonchev–Trinajstić information content (AvgIpc) is 3.08. The van der Waals surface area contributed by atoms with Crippen LogP contribution in [0.4, 0.5) is 4.79 Å². The molecule has 0 aliphatic heterocycles. The Kier molecular flexibility index (Phi) is 5.47. The molecule has 1 amide bonds. The number of hydrogen-bond donors (Lipinski definition) is 3. The Labute approximate surface area is 184 Å². The molecule has 1 heterocycles. The maximum absolute atomic E-state index is 11.7. The Morgan fingerprint density at radius 2 is 1.66 bits per heavy atom. The van der Waals surface area contributed by atoms with Gasteiger partial charge in [-0.1, -0.05) is 61.2 Å². The van der Waals surface area contributed by atoms with E-state index in [9.17, 15) is 14.7 Å². The molecule has 7 nitrogen and oxygen atoms in total. The molecule has 0 bridgehead atoms. The number of amides is 1. The number of aromatic carboxylic acids is 1. The van der Waals surface area contributed by atoms with Gasteiger partial charge in [0, 0.05) is 17.8 Å². The molecule has 0 saturated heterocycles. The highest BCUT2D eigenvalue weighted by Gasteiger charge is 2.16. The third-order valence-electron chi connectivity index (χ3n) is 5.30. The predicted octanol–water partition coefficient (Wildman–Crippen LogP) is 5.00. The van der Waals surface area contributed by atoms with Gasteiger partial charge in [-0.15, -0.1) is 0 Å². The Hall–Kier alpha value is -4.39. The number of hydrogen-bond acceptors (Lipinski definition) is 3. The van der Waals surface area contributed by atoms with Crippen molar-refractivity contribution in [3.05, 3.63) is 95.8 Å². The summed E-state index contributed by atoms with van der Waals surface area (Å²) in [5, 5.41) is 20.9. The summed E-state index contributed by atoms with van der Waals surface area (Å²) < 4.78 is 1.90. The molecule has 3 N–H and O–H groups in total. The molecule has 4 rings (SSSR count). The van der Waals surface area contributed by atoms with Gasteiger partial charge in [0.05, 0.1) is 16.6 Å². The highest BCUT2D eigenvalue weighted by Crippen LogP contribution is 2.28. The van der Waals surface area contributed by atoms with Crippen molar-refractivity contribution in [2.45, 2.75) is 13.5 Å². The number of para-hydroxylation sites is 1. The van der Waals surface area contributed by atoms with Crippen molar-refractivity contribution < 1.29 is 19.8 Å². The quantitative estimate of drug-likeness (QED) is 0.402.